The van der Waals surface area contributed by atoms with Gasteiger partial charge in [0, 0.05) is 23.4 Å². The molecule has 0 spiro atoms. The Bertz CT molecular complexity index is 1170. The van der Waals surface area contributed by atoms with Gasteiger partial charge in [0.05, 0.1) is 22.9 Å². The third-order valence-electron chi connectivity index (χ3n) is 5.28. The molecule has 5 nitrogen and oxygen atoms in total. The van der Waals surface area contributed by atoms with Crippen molar-refractivity contribution in [2.24, 2.45) is 0 Å². The second kappa shape index (κ2) is 10.4. The molecule has 1 aliphatic rings. The van der Waals surface area contributed by atoms with E-state index in [1.54, 1.807) is 4.90 Å². The van der Waals surface area contributed by atoms with Crippen LogP contribution in [0.5, 0.6) is 5.75 Å². The Morgan fingerprint density at radius 2 is 1.85 bits per heavy atom. The van der Waals surface area contributed by atoms with Crippen LogP contribution < -0.4 is 4.74 Å². The van der Waals surface area contributed by atoms with Crippen molar-refractivity contribution in [1.29, 1.82) is 0 Å². The van der Waals surface area contributed by atoms with Crippen LogP contribution >= 0.6 is 24.0 Å². The Morgan fingerprint density at radius 1 is 1.12 bits per heavy atom. The summed E-state index contributed by atoms with van der Waals surface area (Å²) in [5, 5.41) is 4.86. The van der Waals surface area contributed by atoms with Crippen molar-refractivity contribution >= 4 is 40.3 Å². The third-order valence-corrected chi connectivity index (χ3v) is 6.61. The molecule has 2 aromatic carbocycles. The van der Waals surface area contributed by atoms with Crippen LogP contribution in [-0.2, 0) is 4.79 Å². The van der Waals surface area contributed by atoms with Crippen molar-refractivity contribution in [3.63, 3.8) is 0 Å². The molecular weight excluding hydrogens is 450 g/mol. The standard InChI is InChI=1S/C26H27N3O2S2/c1-4-5-15-31-22-13-11-19(12-14-22)24-20(17-28(27-24)21-9-7-6-8-10-21)16-23-25(30)29(18(2)3)26(32)33-23/h6-14,16-18H,4-5,15H2,1-3H3. The molecule has 33 heavy (non-hydrogen) atoms. The average Bonchev–Trinajstić information content (AvgIpc) is 3.35. The van der Waals surface area contributed by atoms with Gasteiger partial charge in [-0.25, -0.2) is 4.68 Å². The number of thioether (sulfide) groups is 1. The van der Waals surface area contributed by atoms with Gasteiger partial charge in [-0.3, -0.25) is 9.69 Å². The number of nitrogens with zero attached hydrogens (tertiary/aromatic N) is 3. The van der Waals surface area contributed by atoms with Crippen LogP contribution in [0.15, 0.2) is 65.7 Å². The van der Waals surface area contributed by atoms with Crippen molar-refractivity contribution < 1.29 is 9.53 Å². The number of aromatic nitrogens is 2. The van der Waals surface area contributed by atoms with Gasteiger partial charge < -0.3 is 4.74 Å². The van der Waals surface area contributed by atoms with Crippen molar-refractivity contribution in [2.45, 2.75) is 39.7 Å². The van der Waals surface area contributed by atoms with E-state index in [-0.39, 0.29) is 11.9 Å². The Balaban J connectivity index is 1.71. The van der Waals surface area contributed by atoms with E-state index >= 15 is 0 Å². The molecule has 3 aromatic rings. The molecule has 170 valence electrons. The van der Waals surface area contributed by atoms with E-state index in [9.17, 15) is 4.79 Å². The first-order chi connectivity index (χ1) is 16.0. The van der Waals surface area contributed by atoms with Crippen LogP contribution in [0.4, 0.5) is 0 Å². The van der Waals surface area contributed by atoms with Crippen LogP contribution in [0.1, 0.15) is 39.2 Å². The highest BCUT2D eigenvalue weighted by atomic mass is 32.2. The first-order valence-electron chi connectivity index (χ1n) is 11.1. The molecule has 0 unspecified atom stereocenters. The number of carbonyl (C=O) groups is 1. The highest BCUT2D eigenvalue weighted by Crippen LogP contribution is 2.36. The maximum atomic E-state index is 13.0. The maximum absolute atomic E-state index is 13.0. The van der Waals surface area contributed by atoms with E-state index in [1.807, 2.05) is 85.4 Å². The first-order valence-corrected chi connectivity index (χ1v) is 12.4. The molecule has 1 amide bonds. The number of para-hydroxylation sites is 1. The summed E-state index contributed by atoms with van der Waals surface area (Å²) in [4.78, 5) is 15.2. The number of thiocarbonyl (C=S) groups is 1. The number of hydrogen-bond acceptors (Lipinski definition) is 5. The molecule has 0 N–H and O–H groups in total. The predicted molar refractivity (Wildman–Crippen MR) is 140 cm³/mol. The Morgan fingerprint density at radius 3 is 2.48 bits per heavy atom. The lowest BCUT2D eigenvalue weighted by molar-refractivity contribution is -0.123. The van der Waals surface area contributed by atoms with E-state index in [0.29, 0.717) is 15.8 Å². The molecule has 1 fully saturated rings. The van der Waals surface area contributed by atoms with Crippen LogP contribution in [0.25, 0.3) is 23.0 Å². The smallest absolute Gasteiger partial charge is 0.266 e. The van der Waals surface area contributed by atoms with Gasteiger partial charge in [0.15, 0.2) is 0 Å². The van der Waals surface area contributed by atoms with Gasteiger partial charge in [0.1, 0.15) is 10.1 Å². The van der Waals surface area contributed by atoms with Crippen molar-refractivity contribution in [3.8, 4) is 22.7 Å². The van der Waals surface area contributed by atoms with Gasteiger partial charge >= 0.3 is 0 Å². The number of ether oxygens (including phenoxy) is 1. The number of rotatable bonds is 8. The Kier molecular flexibility index (Phi) is 7.30. The Hall–Kier alpha value is -2.90. The van der Waals surface area contributed by atoms with E-state index in [4.69, 9.17) is 22.1 Å². The molecule has 0 bridgehead atoms. The summed E-state index contributed by atoms with van der Waals surface area (Å²) in [5.41, 5.74) is 3.57. The minimum absolute atomic E-state index is 0.0233. The zero-order valence-corrected chi connectivity index (χ0v) is 20.7. The van der Waals surface area contributed by atoms with E-state index in [2.05, 4.69) is 6.92 Å². The normalized spacial score (nSPS) is 15.2. The first kappa shape index (κ1) is 23.3. The molecule has 4 rings (SSSR count). The number of amides is 1. The lowest BCUT2D eigenvalue weighted by Crippen LogP contribution is -2.34. The summed E-state index contributed by atoms with van der Waals surface area (Å²) >= 11 is 6.78. The van der Waals surface area contributed by atoms with E-state index < -0.39 is 0 Å². The lowest BCUT2D eigenvalue weighted by atomic mass is 10.1. The van der Waals surface area contributed by atoms with E-state index in [1.165, 1.54) is 11.8 Å². The van der Waals surface area contributed by atoms with Gasteiger partial charge in [-0.05, 0) is 62.7 Å². The number of benzene rings is 2. The summed E-state index contributed by atoms with van der Waals surface area (Å²) in [6, 6.07) is 17.9. The fourth-order valence-corrected chi connectivity index (χ4v) is 5.05. The zero-order chi connectivity index (χ0) is 23.4. The van der Waals surface area contributed by atoms with Crippen molar-refractivity contribution in [2.75, 3.05) is 6.61 Å². The zero-order valence-electron chi connectivity index (χ0n) is 19.0. The quantitative estimate of drug-likeness (QED) is 0.216. The highest BCUT2D eigenvalue weighted by Gasteiger charge is 2.34. The van der Waals surface area contributed by atoms with Gasteiger partial charge in [0.2, 0.25) is 0 Å². The monoisotopic (exact) mass is 477 g/mol. The Labute approximate surface area is 204 Å². The van der Waals surface area contributed by atoms with Crippen LogP contribution in [0, 0.1) is 0 Å². The van der Waals surface area contributed by atoms with Gasteiger partial charge in [0.25, 0.3) is 5.91 Å². The van der Waals surface area contributed by atoms with Crippen LogP contribution in [0.2, 0.25) is 0 Å². The van der Waals surface area contributed by atoms with Gasteiger partial charge in [-0.15, -0.1) is 0 Å². The molecule has 2 heterocycles. The topological polar surface area (TPSA) is 47.4 Å². The summed E-state index contributed by atoms with van der Waals surface area (Å²) in [6.07, 6.45) is 5.98. The molecule has 0 saturated carbocycles. The molecule has 0 radical (unpaired) electrons. The van der Waals surface area contributed by atoms with Crippen LogP contribution in [-0.4, -0.2) is 37.6 Å². The second-order valence-electron chi connectivity index (χ2n) is 8.09. The molecule has 1 aliphatic heterocycles. The predicted octanol–water partition coefficient (Wildman–Crippen LogP) is 6.33. The number of carbonyl (C=O) groups excluding carboxylic acids is 1. The third kappa shape index (κ3) is 5.20. The van der Waals surface area contributed by atoms with E-state index in [0.717, 1.165) is 41.1 Å². The molecule has 7 heteroatoms. The fraction of sp³-hybridized carbons (Fsp3) is 0.269. The molecule has 1 aromatic heterocycles. The minimum atomic E-state index is -0.0573. The summed E-state index contributed by atoms with van der Waals surface area (Å²) in [7, 11) is 0. The lowest BCUT2D eigenvalue weighted by Gasteiger charge is -2.18. The number of unbranched alkanes of at least 4 members (excludes halogenated alkanes) is 1. The number of hydrogen-bond donors (Lipinski definition) is 0. The molecule has 0 aliphatic carbocycles. The summed E-state index contributed by atoms with van der Waals surface area (Å²) < 4.78 is 8.24. The van der Waals surface area contributed by atoms with Crippen molar-refractivity contribution in [3.05, 3.63) is 71.3 Å². The molecule has 0 atom stereocenters. The minimum Gasteiger partial charge on any atom is -0.494 e. The largest absolute Gasteiger partial charge is 0.494 e. The van der Waals surface area contributed by atoms with Gasteiger partial charge in [-0.1, -0.05) is 55.5 Å². The molecular formula is C26H27N3O2S2. The maximum Gasteiger partial charge on any atom is 0.266 e. The average molecular weight is 478 g/mol. The van der Waals surface area contributed by atoms with Gasteiger partial charge in [-0.2, -0.15) is 5.10 Å². The second-order valence-corrected chi connectivity index (χ2v) is 9.76. The van der Waals surface area contributed by atoms with Crippen molar-refractivity contribution in [1.82, 2.24) is 14.7 Å². The summed E-state index contributed by atoms with van der Waals surface area (Å²) in [5.74, 6) is 0.784. The van der Waals surface area contributed by atoms with Crippen LogP contribution in [0.3, 0.4) is 0 Å². The highest BCUT2D eigenvalue weighted by molar-refractivity contribution is 8.26. The molecule has 1 saturated heterocycles. The fourth-order valence-electron chi connectivity index (χ4n) is 3.54. The summed E-state index contributed by atoms with van der Waals surface area (Å²) in [6.45, 7) is 6.79. The SMILES string of the molecule is CCCCOc1ccc(-c2nn(-c3ccccc3)cc2C=C2SC(=S)N(C(C)C)C2=O)cc1.